The highest BCUT2D eigenvalue weighted by Crippen LogP contribution is 2.31. The van der Waals surface area contributed by atoms with Crippen LogP contribution in [-0.4, -0.2) is 56.0 Å². The monoisotopic (exact) mass is 455 g/mol. The van der Waals surface area contributed by atoms with Crippen LogP contribution in [0.1, 0.15) is 35.0 Å². The second kappa shape index (κ2) is 8.71. The molecule has 32 heavy (non-hydrogen) atoms. The third-order valence-corrected chi connectivity index (χ3v) is 7.49. The standard InChI is InChI=1S/C22H24N4O5S/c1-25(2)18-8-6-15(7-9-18)20-23-21(31-24-20)16-10-12-26(13-11-16)32(29,30)19-5-3-4-17(14-19)22(27)28/h3-9,14,16H,10-13H2,1-2H3,(H,27,28)/p-1. The number of carbonyl (C=O) groups excluding carboxylic acids is 1. The molecule has 0 unspecified atom stereocenters. The van der Waals surface area contributed by atoms with Crippen molar-refractivity contribution in [3.8, 4) is 11.4 Å². The quantitative estimate of drug-likeness (QED) is 0.551. The van der Waals surface area contributed by atoms with E-state index in [1.54, 1.807) is 0 Å². The topological polar surface area (TPSA) is 120 Å². The number of carboxylic acids is 1. The fraction of sp³-hybridized carbons (Fsp3) is 0.318. The number of nitrogens with zero attached hydrogens (tertiary/aromatic N) is 4. The Labute approximate surface area is 186 Å². The summed E-state index contributed by atoms with van der Waals surface area (Å²) in [7, 11) is 0.132. The van der Waals surface area contributed by atoms with E-state index in [1.807, 2.05) is 43.3 Å². The van der Waals surface area contributed by atoms with Gasteiger partial charge in [-0.3, -0.25) is 0 Å². The van der Waals surface area contributed by atoms with Gasteiger partial charge in [0, 0.05) is 44.4 Å². The van der Waals surface area contributed by atoms with Crippen molar-refractivity contribution in [3.05, 3.63) is 60.0 Å². The predicted octanol–water partition coefficient (Wildman–Crippen LogP) is 1.73. The minimum absolute atomic E-state index is 0.0432. The van der Waals surface area contributed by atoms with Gasteiger partial charge < -0.3 is 19.3 Å². The molecular weight excluding hydrogens is 432 g/mol. The van der Waals surface area contributed by atoms with Crippen molar-refractivity contribution in [2.75, 3.05) is 32.1 Å². The number of benzene rings is 2. The second-order valence-electron chi connectivity index (χ2n) is 7.89. The number of sulfonamides is 1. The normalized spacial score (nSPS) is 15.6. The Morgan fingerprint density at radius 1 is 1.12 bits per heavy atom. The van der Waals surface area contributed by atoms with Gasteiger partial charge in [0.1, 0.15) is 0 Å². The van der Waals surface area contributed by atoms with Crippen molar-refractivity contribution < 1.29 is 22.8 Å². The Morgan fingerprint density at radius 2 is 1.81 bits per heavy atom. The molecule has 0 amide bonds. The van der Waals surface area contributed by atoms with Crippen molar-refractivity contribution in [2.45, 2.75) is 23.7 Å². The van der Waals surface area contributed by atoms with Crippen LogP contribution in [0.5, 0.6) is 0 Å². The van der Waals surface area contributed by atoms with E-state index in [0.717, 1.165) is 17.3 Å². The summed E-state index contributed by atoms with van der Waals surface area (Å²) in [5.41, 5.74) is 1.74. The molecule has 168 valence electrons. The third-order valence-electron chi connectivity index (χ3n) is 5.59. The molecule has 0 atom stereocenters. The summed E-state index contributed by atoms with van der Waals surface area (Å²) in [6.45, 7) is 0.551. The van der Waals surface area contributed by atoms with Gasteiger partial charge in [-0.25, -0.2) is 8.42 Å². The highest BCUT2D eigenvalue weighted by molar-refractivity contribution is 7.89. The van der Waals surface area contributed by atoms with E-state index >= 15 is 0 Å². The molecule has 1 saturated heterocycles. The molecule has 1 fully saturated rings. The summed E-state index contributed by atoms with van der Waals surface area (Å²) < 4.78 is 32.7. The molecule has 0 N–H and O–H groups in total. The SMILES string of the molecule is CN(C)c1ccc(-c2noc(C3CCN(S(=O)(=O)c4cccc(C(=O)[O-])c4)CC3)n2)cc1. The number of rotatable bonds is 6. The smallest absolute Gasteiger partial charge is 0.243 e. The number of carbonyl (C=O) groups is 1. The number of carboxylic acid groups (broad SMARTS) is 1. The molecule has 9 nitrogen and oxygen atoms in total. The van der Waals surface area contributed by atoms with E-state index in [4.69, 9.17) is 4.52 Å². The highest BCUT2D eigenvalue weighted by atomic mass is 32.2. The summed E-state index contributed by atoms with van der Waals surface area (Å²) in [4.78, 5) is 17.5. The molecule has 0 bridgehead atoms. The van der Waals surface area contributed by atoms with Gasteiger partial charge >= 0.3 is 0 Å². The number of hydrogen-bond donors (Lipinski definition) is 0. The van der Waals surface area contributed by atoms with Crippen molar-refractivity contribution in [1.29, 1.82) is 0 Å². The van der Waals surface area contributed by atoms with E-state index in [1.165, 1.54) is 22.5 Å². The first-order chi connectivity index (χ1) is 15.3. The summed E-state index contributed by atoms with van der Waals surface area (Å²) in [5.74, 6) is -0.463. The van der Waals surface area contributed by atoms with Gasteiger partial charge in [-0.05, 0) is 54.8 Å². The number of piperidine rings is 1. The average Bonchev–Trinajstić information content (AvgIpc) is 3.29. The zero-order chi connectivity index (χ0) is 22.9. The molecule has 0 saturated carbocycles. The van der Waals surface area contributed by atoms with Crippen LogP contribution in [0, 0.1) is 0 Å². The number of hydrogen-bond acceptors (Lipinski definition) is 8. The van der Waals surface area contributed by atoms with Gasteiger partial charge in [0.2, 0.25) is 21.7 Å². The molecule has 3 aromatic rings. The van der Waals surface area contributed by atoms with Crippen LogP contribution in [-0.2, 0) is 10.0 Å². The van der Waals surface area contributed by atoms with E-state index in [-0.39, 0.29) is 29.5 Å². The maximum Gasteiger partial charge on any atom is 0.243 e. The Bertz CT molecular complexity index is 1210. The maximum atomic E-state index is 12.9. The van der Waals surface area contributed by atoms with E-state index < -0.39 is 16.0 Å². The molecule has 0 spiro atoms. The molecule has 1 aromatic heterocycles. The first-order valence-corrected chi connectivity index (χ1v) is 11.6. The molecule has 0 radical (unpaired) electrons. The third kappa shape index (κ3) is 4.37. The van der Waals surface area contributed by atoms with E-state index in [9.17, 15) is 18.3 Å². The Hall–Kier alpha value is -3.24. The first-order valence-electron chi connectivity index (χ1n) is 10.2. The van der Waals surface area contributed by atoms with E-state index in [2.05, 4.69) is 10.1 Å². The number of aromatic carboxylic acids is 1. The van der Waals surface area contributed by atoms with Crippen LogP contribution in [0.15, 0.2) is 57.9 Å². The minimum atomic E-state index is -3.80. The average molecular weight is 456 g/mol. The minimum Gasteiger partial charge on any atom is -0.545 e. The van der Waals surface area contributed by atoms with Gasteiger partial charge in [0.05, 0.1) is 10.9 Å². The van der Waals surface area contributed by atoms with Crippen molar-refractivity contribution >= 4 is 21.7 Å². The Balaban J connectivity index is 1.44. The lowest BCUT2D eigenvalue weighted by Gasteiger charge is -2.29. The fourth-order valence-electron chi connectivity index (χ4n) is 3.70. The predicted molar refractivity (Wildman–Crippen MR) is 116 cm³/mol. The van der Waals surface area contributed by atoms with Crippen LogP contribution in [0.2, 0.25) is 0 Å². The van der Waals surface area contributed by atoms with E-state index in [0.29, 0.717) is 24.6 Å². The van der Waals surface area contributed by atoms with Gasteiger partial charge in [0.15, 0.2) is 0 Å². The molecule has 2 heterocycles. The lowest BCUT2D eigenvalue weighted by atomic mass is 9.98. The van der Waals surface area contributed by atoms with Crippen LogP contribution in [0.4, 0.5) is 5.69 Å². The van der Waals surface area contributed by atoms with Crippen LogP contribution in [0.3, 0.4) is 0 Å². The molecule has 1 aliphatic rings. The van der Waals surface area contributed by atoms with Gasteiger partial charge in [-0.2, -0.15) is 9.29 Å². The molecule has 4 rings (SSSR count). The second-order valence-corrected chi connectivity index (χ2v) is 9.83. The zero-order valence-corrected chi connectivity index (χ0v) is 18.6. The zero-order valence-electron chi connectivity index (χ0n) is 17.8. The van der Waals surface area contributed by atoms with Gasteiger partial charge in [-0.15, -0.1) is 0 Å². The first kappa shape index (κ1) is 22.0. The van der Waals surface area contributed by atoms with Crippen molar-refractivity contribution in [2.24, 2.45) is 0 Å². The number of anilines is 1. The van der Waals surface area contributed by atoms with Gasteiger partial charge in [0.25, 0.3) is 0 Å². The summed E-state index contributed by atoms with van der Waals surface area (Å²) in [6, 6.07) is 13.0. The maximum absolute atomic E-state index is 12.9. The van der Waals surface area contributed by atoms with Gasteiger partial charge in [-0.1, -0.05) is 17.3 Å². The molecule has 1 aliphatic heterocycles. The molecule has 0 aliphatic carbocycles. The summed E-state index contributed by atoms with van der Waals surface area (Å²) in [6.07, 6.45) is 1.06. The van der Waals surface area contributed by atoms with Crippen LogP contribution in [0.25, 0.3) is 11.4 Å². The van der Waals surface area contributed by atoms with Crippen LogP contribution >= 0.6 is 0 Å². The lowest BCUT2D eigenvalue weighted by molar-refractivity contribution is -0.255. The summed E-state index contributed by atoms with van der Waals surface area (Å²) in [5, 5.41) is 15.1. The largest absolute Gasteiger partial charge is 0.545 e. The number of aromatic nitrogens is 2. The molecular formula is C22H23N4O5S-. The van der Waals surface area contributed by atoms with Crippen LogP contribution < -0.4 is 10.0 Å². The molecule has 2 aromatic carbocycles. The fourth-order valence-corrected chi connectivity index (χ4v) is 5.22. The Kier molecular flexibility index (Phi) is 5.98. The lowest BCUT2D eigenvalue weighted by Crippen LogP contribution is -2.38. The van der Waals surface area contributed by atoms with Crippen molar-refractivity contribution in [1.82, 2.24) is 14.4 Å². The Morgan fingerprint density at radius 3 is 2.44 bits per heavy atom. The summed E-state index contributed by atoms with van der Waals surface area (Å²) >= 11 is 0. The molecule has 10 heteroatoms. The van der Waals surface area contributed by atoms with Crippen molar-refractivity contribution in [3.63, 3.8) is 0 Å². The highest BCUT2D eigenvalue weighted by Gasteiger charge is 2.32.